The molecule has 0 aliphatic rings. The first-order chi connectivity index (χ1) is 9.38. The molecule has 0 spiro atoms. The van der Waals surface area contributed by atoms with Crippen LogP contribution in [0.25, 0.3) is 0 Å². The Morgan fingerprint density at radius 3 is 0.682 bits per heavy atom. The fourth-order valence-corrected chi connectivity index (χ4v) is 0.882. The Morgan fingerprint density at radius 1 is 0.545 bits per heavy atom. The summed E-state index contributed by atoms with van der Waals surface area (Å²) in [5, 5.41) is 25.1. The van der Waals surface area contributed by atoms with Crippen molar-refractivity contribution in [1.82, 2.24) is 0 Å². The van der Waals surface area contributed by atoms with Crippen LogP contribution in [-0.4, -0.2) is 32.7 Å². The molecule has 22 heavy (non-hydrogen) atoms. The summed E-state index contributed by atoms with van der Waals surface area (Å²) in [4.78, 5) is 30.1. The van der Waals surface area contributed by atoms with E-state index in [4.69, 9.17) is 15.3 Å². The van der Waals surface area contributed by atoms with E-state index in [-0.39, 0.29) is 51.7 Å². The number of carbonyl (C=O) groups is 3. The average molecular weight is 355 g/mol. The van der Waals surface area contributed by atoms with Crippen molar-refractivity contribution >= 4 is 17.3 Å². The maximum absolute atomic E-state index is 10.0. The molecule has 0 bridgehead atoms. The summed E-state index contributed by atoms with van der Waals surface area (Å²) in [5.74, 6) is -0.187. The quantitative estimate of drug-likeness (QED) is 0.407. The predicted molar refractivity (Wildman–Crippen MR) is 81.2 cm³/mol. The molecule has 0 fully saturated rings. The van der Waals surface area contributed by atoms with E-state index >= 15 is 0 Å². The molecule has 6 nitrogen and oxygen atoms in total. The van der Waals surface area contributed by atoms with Crippen molar-refractivity contribution in [3.8, 4) is 0 Å². The van der Waals surface area contributed by atoms with Crippen LogP contribution in [0.4, 0.5) is 0 Å². The standard InChI is InChI=1S/3C5H8O2.Mn/c3*1-4(6)3-5(2)7;/h3*3,6H,1-2H3;. The molecule has 3 N–H and O–H groups in total. The molecule has 0 aromatic carbocycles. The predicted octanol–water partition coefficient (Wildman–Crippen LogP) is 3.11. The summed E-state index contributed by atoms with van der Waals surface area (Å²) in [5.41, 5.74) is 0. The van der Waals surface area contributed by atoms with Crippen molar-refractivity contribution in [2.75, 3.05) is 0 Å². The summed E-state index contributed by atoms with van der Waals surface area (Å²) in [6.45, 7) is 8.54. The minimum atomic E-state index is -0.125. The molecule has 0 saturated heterocycles. The first kappa shape index (κ1) is 28.3. The van der Waals surface area contributed by atoms with Gasteiger partial charge < -0.3 is 15.3 Å². The molecule has 0 rings (SSSR count). The Balaban J connectivity index is -0.000000108. The van der Waals surface area contributed by atoms with E-state index < -0.39 is 0 Å². The van der Waals surface area contributed by atoms with Gasteiger partial charge in [-0.1, -0.05) is 0 Å². The second-order valence-corrected chi connectivity index (χ2v) is 4.19. The third-order valence-corrected chi connectivity index (χ3v) is 1.24. The van der Waals surface area contributed by atoms with E-state index in [0.717, 1.165) is 0 Å². The summed E-state index contributed by atoms with van der Waals surface area (Å²) in [6, 6.07) is 0. The number of carbonyl (C=O) groups excluding carboxylic acids is 3. The molecule has 0 aromatic heterocycles. The van der Waals surface area contributed by atoms with E-state index in [1.807, 2.05) is 0 Å². The van der Waals surface area contributed by atoms with Crippen LogP contribution in [0, 0.1) is 0 Å². The molecule has 0 heterocycles. The summed E-state index contributed by atoms with van der Waals surface area (Å²) in [7, 11) is 0. The van der Waals surface area contributed by atoms with Crippen molar-refractivity contribution < 1.29 is 46.8 Å². The second-order valence-electron chi connectivity index (χ2n) is 4.19. The van der Waals surface area contributed by atoms with Crippen molar-refractivity contribution in [3.05, 3.63) is 35.5 Å². The molecule has 7 heteroatoms. The Bertz CT molecular complexity index is 368. The zero-order valence-electron chi connectivity index (χ0n) is 13.7. The molecular weight excluding hydrogens is 331 g/mol. The van der Waals surface area contributed by atoms with E-state index in [1.54, 1.807) is 0 Å². The van der Waals surface area contributed by atoms with Crippen LogP contribution in [0.2, 0.25) is 0 Å². The molecule has 1 radical (unpaired) electrons. The van der Waals surface area contributed by atoms with Gasteiger partial charge in [-0.3, -0.25) is 14.4 Å². The van der Waals surface area contributed by atoms with Crippen LogP contribution in [0.15, 0.2) is 35.5 Å². The molecule has 0 saturated carbocycles. The normalized spacial score (nSPS) is 10.9. The minimum absolute atomic E-state index is 0. The van der Waals surface area contributed by atoms with Gasteiger partial charge in [-0.2, -0.15) is 0 Å². The zero-order valence-corrected chi connectivity index (χ0v) is 14.9. The summed E-state index contributed by atoms with van der Waals surface area (Å²) < 4.78 is 0. The van der Waals surface area contributed by atoms with Crippen LogP contribution in [-0.2, 0) is 31.5 Å². The summed E-state index contributed by atoms with van der Waals surface area (Å²) in [6.07, 6.45) is 3.50. The van der Waals surface area contributed by atoms with Gasteiger partial charge in [-0.05, 0) is 41.5 Å². The largest absolute Gasteiger partial charge is 0.512 e. The van der Waals surface area contributed by atoms with Gasteiger partial charge in [-0.15, -0.1) is 0 Å². The van der Waals surface area contributed by atoms with Crippen molar-refractivity contribution in [2.24, 2.45) is 0 Å². The third kappa shape index (κ3) is 51.8. The van der Waals surface area contributed by atoms with Gasteiger partial charge in [0.25, 0.3) is 0 Å². The third-order valence-electron chi connectivity index (χ3n) is 1.24. The van der Waals surface area contributed by atoms with Gasteiger partial charge in [0, 0.05) is 35.3 Å². The van der Waals surface area contributed by atoms with E-state index in [9.17, 15) is 14.4 Å². The van der Waals surface area contributed by atoms with Crippen LogP contribution >= 0.6 is 0 Å². The Labute approximate surface area is 141 Å². The molecular formula is C15H24MnO6. The van der Waals surface area contributed by atoms with Gasteiger partial charge in [0.05, 0.1) is 17.3 Å². The number of hydrogen-bond donors (Lipinski definition) is 3. The fraction of sp³-hybridized carbons (Fsp3) is 0.400. The molecule has 0 atom stereocenters. The monoisotopic (exact) mass is 355 g/mol. The molecule has 0 amide bonds. The minimum Gasteiger partial charge on any atom is -0.512 e. The summed E-state index contributed by atoms with van der Waals surface area (Å²) >= 11 is 0. The molecule has 0 aliphatic heterocycles. The second kappa shape index (κ2) is 17.2. The number of aliphatic hydroxyl groups is 3. The molecule has 127 valence electrons. The van der Waals surface area contributed by atoms with Crippen LogP contribution < -0.4 is 0 Å². The number of rotatable bonds is 3. The maximum atomic E-state index is 10.0. The molecule has 0 unspecified atom stereocenters. The first-order valence-electron chi connectivity index (χ1n) is 6.02. The number of aliphatic hydroxyl groups excluding tert-OH is 3. The Kier molecular flexibility index (Phi) is 22.2. The zero-order chi connectivity index (χ0) is 17.6. The van der Waals surface area contributed by atoms with Crippen LogP contribution in [0.5, 0.6) is 0 Å². The SMILES string of the molecule is CC(=O)C=C(C)O.CC(=O)C=C(C)O.CC(=O)C=C(C)O.[Mn]. The first-order valence-corrected chi connectivity index (χ1v) is 6.02. The van der Waals surface area contributed by atoms with Crippen LogP contribution in [0.1, 0.15) is 41.5 Å². The Morgan fingerprint density at radius 2 is 0.682 bits per heavy atom. The molecule has 0 aliphatic carbocycles. The van der Waals surface area contributed by atoms with Crippen molar-refractivity contribution in [1.29, 1.82) is 0 Å². The smallest absolute Gasteiger partial charge is 0.155 e. The van der Waals surface area contributed by atoms with E-state index in [0.29, 0.717) is 0 Å². The average Bonchev–Trinajstić information content (AvgIpc) is 2.10. The van der Waals surface area contributed by atoms with Crippen molar-refractivity contribution in [3.63, 3.8) is 0 Å². The van der Waals surface area contributed by atoms with Gasteiger partial charge in [-0.25, -0.2) is 0 Å². The number of hydrogen-bond acceptors (Lipinski definition) is 6. The van der Waals surface area contributed by atoms with E-state index in [2.05, 4.69) is 0 Å². The van der Waals surface area contributed by atoms with Gasteiger partial charge in [0.1, 0.15) is 0 Å². The fourth-order valence-electron chi connectivity index (χ4n) is 0.882. The van der Waals surface area contributed by atoms with E-state index in [1.165, 1.54) is 59.8 Å². The topological polar surface area (TPSA) is 112 Å². The Hall–Kier alpha value is -1.85. The van der Waals surface area contributed by atoms with Crippen LogP contribution in [0.3, 0.4) is 0 Å². The number of ketones is 3. The van der Waals surface area contributed by atoms with Gasteiger partial charge >= 0.3 is 0 Å². The number of allylic oxidation sites excluding steroid dienone is 6. The van der Waals surface area contributed by atoms with Gasteiger partial charge in [0.15, 0.2) is 17.3 Å². The van der Waals surface area contributed by atoms with Gasteiger partial charge in [0.2, 0.25) is 0 Å². The molecule has 0 aromatic rings. The van der Waals surface area contributed by atoms with Crippen molar-refractivity contribution in [2.45, 2.75) is 41.5 Å². The maximum Gasteiger partial charge on any atom is 0.155 e.